The Kier molecular flexibility index (Phi) is 6.91. The number of likely N-dealkylation sites (tertiary alicyclic amines) is 1. The van der Waals surface area contributed by atoms with Gasteiger partial charge in [0.1, 0.15) is 5.82 Å². The van der Waals surface area contributed by atoms with Crippen LogP contribution in [-0.4, -0.2) is 72.7 Å². The van der Waals surface area contributed by atoms with E-state index in [1.165, 1.54) is 23.5 Å². The molecule has 1 aromatic rings. The van der Waals surface area contributed by atoms with Crippen LogP contribution in [0.2, 0.25) is 0 Å². The SMILES string of the molecule is CN(C)CCN1C(=O)CC(CC(=O)N(C)C2CCCCC2)(c2ccccc2F)C1=O. The largest absolute Gasteiger partial charge is 0.343 e. The van der Waals surface area contributed by atoms with Gasteiger partial charge in [-0.2, -0.15) is 0 Å². The molecule has 1 unspecified atom stereocenters. The van der Waals surface area contributed by atoms with Crippen LogP contribution in [0.25, 0.3) is 0 Å². The summed E-state index contributed by atoms with van der Waals surface area (Å²) < 4.78 is 14.8. The molecular weight excluding hydrogens is 385 g/mol. The van der Waals surface area contributed by atoms with Gasteiger partial charge in [0.15, 0.2) is 0 Å². The molecule has 164 valence electrons. The zero-order chi connectivity index (χ0) is 21.9. The van der Waals surface area contributed by atoms with Gasteiger partial charge in [-0.25, -0.2) is 4.39 Å². The van der Waals surface area contributed by atoms with Crippen LogP contribution >= 0.6 is 0 Å². The lowest BCUT2D eigenvalue weighted by Crippen LogP contribution is -2.46. The highest BCUT2D eigenvalue weighted by Crippen LogP contribution is 2.41. The van der Waals surface area contributed by atoms with Crippen molar-refractivity contribution >= 4 is 17.7 Å². The third-order valence-electron chi connectivity index (χ3n) is 6.54. The van der Waals surface area contributed by atoms with Crippen molar-refractivity contribution in [2.45, 2.75) is 56.4 Å². The van der Waals surface area contributed by atoms with Gasteiger partial charge in [-0.05, 0) is 33.0 Å². The molecule has 2 aliphatic rings. The molecule has 0 bridgehead atoms. The maximum atomic E-state index is 14.8. The van der Waals surface area contributed by atoms with Crippen molar-refractivity contribution in [3.05, 3.63) is 35.6 Å². The molecule has 3 rings (SSSR count). The van der Waals surface area contributed by atoms with E-state index in [4.69, 9.17) is 0 Å². The number of nitrogens with zero attached hydrogens (tertiary/aromatic N) is 3. The summed E-state index contributed by atoms with van der Waals surface area (Å²) in [4.78, 5) is 44.3. The first-order valence-electron chi connectivity index (χ1n) is 10.8. The molecule has 0 aromatic heterocycles. The van der Waals surface area contributed by atoms with E-state index in [0.717, 1.165) is 25.7 Å². The molecule has 1 saturated heterocycles. The van der Waals surface area contributed by atoms with Crippen LogP contribution in [0.5, 0.6) is 0 Å². The Labute approximate surface area is 178 Å². The summed E-state index contributed by atoms with van der Waals surface area (Å²) in [5, 5.41) is 0. The third-order valence-corrected chi connectivity index (χ3v) is 6.54. The summed E-state index contributed by atoms with van der Waals surface area (Å²) in [6.45, 7) is 0.744. The maximum absolute atomic E-state index is 14.8. The van der Waals surface area contributed by atoms with Gasteiger partial charge < -0.3 is 9.80 Å². The van der Waals surface area contributed by atoms with Crippen LogP contribution in [0.4, 0.5) is 4.39 Å². The second-order valence-electron chi connectivity index (χ2n) is 8.87. The van der Waals surface area contributed by atoms with Crippen LogP contribution in [0.3, 0.4) is 0 Å². The Bertz CT molecular complexity index is 807. The Balaban J connectivity index is 1.91. The van der Waals surface area contributed by atoms with Gasteiger partial charge >= 0.3 is 0 Å². The topological polar surface area (TPSA) is 60.9 Å². The second-order valence-corrected chi connectivity index (χ2v) is 8.87. The van der Waals surface area contributed by atoms with E-state index < -0.39 is 17.1 Å². The van der Waals surface area contributed by atoms with E-state index in [2.05, 4.69) is 0 Å². The number of amides is 3. The van der Waals surface area contributed by atoms with Crippen molar-refractivity contribution < 1.29 is 18.8 Å². The first kappa shape index (κ1) is 22.4. The lowest BCUT2D eigenvalue weighted by Gasteiger charge is -2.34. The minimum atomic E-state index is -1.48. The molecule has 1 aliphatic heterocycles. The highest BCUT2D eigenvalue weighted by Gasteiger charge is 2.55. The summed E-state index contributed by atoms with van der Waals surface area (Å²) in [6, 6.07) is 6.15. The number of hydrogen-bond donors (Lipinski definition) is 0. The smallest absolute Gasteiger partial charge is 0.241 e. The lowest BCUT2D eigenvalue weighted by molar-refractivity contribution is -0.143. The van der Waals surface area contributed by atoms with E-state index in [1.54, 1.807) is 24.1 Å². The Morgan fingerprint density at radius 3 is 2.43 bits per heavy atom. The second kappa shape index (κ2) is 9.25. The minimum Gasteiger partial charge on any atom is -0.343 e. The minimum absolute atomic E-state index is 0.140. The summed E-state index contributed by atoms with van der Waals surface area (Å²) in [6.07, 6.45) is 4.85. The van der Waals surface area contributed by atoms with Gasteiger partial charge in [0.05, 0.1) is 5.41 Å². The number of rotatable bonds is 7. The normalized spacial score (nSPS) is 22.8. The van der Waals surface area contributed by atoms with Crippen LogP contribution in [0, 0.1) is 5.82 Å². The summed E-state index contributed by atoms with van der Waals surface area (Å²) in [7, 11) is 5.48. The molecule has 1 saturated carbocycles. The fourth-order valence-electron chi connectivity index (χ4n) is 4.67. The van der Waals surface area contributed by atoms with Gasteiger partial charge in [0.2, 0.25) is 17.7 Å². The predicted molar refractivity (Wildman–Crippen MR) is 112 cm³/mol. The van der Waals surface area contributed by atoms with Gasteiger partial charge in [0, 0.05) is 44.6 Å². The molecule has 1 aliphatic carbocycles. The van der Waals surface area contributed by atoms with Crippen LogP contribution < -0.4 is 0 Å². The van der Waals surface area contributed by atoms with Crippen LogP contribution in [0.15, 0.2) is 24.3 Å². The lowest BCUT2D eigenvalue weighted by atomic mass is 9.75. The van der Waals surface area contributed by atoms with Gasteiger partial charge in [-0.1, -0.05) is 37.5 Å². The number of benzene rings is 1. The molecule has 1 aromatic carbocycles. The molecule has 1 heterocycles. The highest BCUT2D eigenvalue weighted by molar-refractivity contribution is 6.10. The Morgan fingerprint density at radius 2 is 1.80 bits per heavy atom. The maximum Gasteiger partial charge on any atom is 0.241 e. The molecule has 2 fully saturated rings. The Hall–Kier alpha value is -2.28. The van der Waals surface area contributed by atoms with Crippen molar-refractivity contribution in [3.8, 4) is 0 Å². The number of hydrogen-bond acceptors (Lipinski definition) is 4. The first-order chi connectivity index (χ1) is 14.3. The quantitative estimate of drug-likeness (QED) is 0.640. The Morgan fingerprint density at radius 1 is 1.13 bits per heavy atom. The van der Waals surface area contributed by atoms with Crippen LogP contribution in [0.1, 0.15) is 50.5 Å². The fourth-order valence-corrected chi connectivity index (χ4v) is 4.67. The summed E-state index contributed by atoms with van der Waals surface area (Å²) in [5.41, 5.74) is -1.34. The first-order valence-corrected chi connectivity index (χ1v) is 10.8. The van der Waals surface area contributed by atoms with E-state index in [0.29, 0.717) is 6.54 Å². The van der Waals surface area contributed by atoms with Gasteiger partial charge in [0.25, 0.3) is 0 Å². The fraction of sp³-hybridized carbons (Fsp3) is 0.609. The van der Waals surface area contributed by atoms with E-state index in [1.807, 2.05) is 19.0 Å². The number of halogens is 1. The molecule has 1 atom stereocenters. The number of imide groups is 1. The van der Waals surface area contributed by atoms with E-state index in [-0.39, 0.29) is 42.8 Å². The molecule has 30 heavy (non-hydrogen) atoms. The van der Waals surface area contributed by atoms with E-state index in [9.17, 15) is 18.8 Å². The highest BCUT2D eigenvalue weighted by atomic mass is 19.1. The van der Waals surface area contributed by atoms with Crippen molar-refractivity contribution in [2.24, 2.45) is 0 Å². The van der Waals surface area contributed by atoms with Crippen molar-refractivity contribution in [2.75, 3.05) is 34.2 Å². The van der Waals surface area contributed by atoms with Crippen molar-refractivity contribution in [1.82, 2.24) is 14.7 Å². The molecular formula is C23H32FN3O3. The molecule has 0 spiro atoms. The van der Waals surface area contributed by atoms with Crippen LogP contribution in [-0.2, 0) is 19.8 Å². The monoisotopic (exact) mass is 417 g/mol. The average Bonchev–Trinajstić information content (AvgIpc) is 2.96. The number of carbonyl (C=O) groups is 3. The van der Waals surface area contributed by atoms with Gasteiger partial charge in [-0.15, -0.1) is 0 Å². The third kappa shape index (κ3) is 4.41. The predicted octanol–water partition coefficient (Wildman–Crippen LogP) is 2.57. The summed E-state index contributed by atoms with van der Waals surface area (Å²) >= 11 is 0. The van der Waals surface area contributed by atoms with Crippen molar-refractivity contribution in [3.63, 3.8) is 0 Å². The molecule has 0 radical (unpaired) electrons. The molecule has 6 nitrogen and oxygen atoms in total. The summed E-state index contributed by atoms with van der Waals surface area (Å²) in [5.74, 6) is -1.58. The zero-order valence-corrected chi connectivity index (χ0v) is 18.2. The molecule has 3 amide bonds. The number of carbonyl (C=O) groups excluding carboxylic acids is 3. The van der Waals surface area contributed by atoms with Crippen molar-refractivity contribution in [1.29, 1.82) is 0 Å². The van der Waals surface area contributed by atoms with Gasteiger partial charge in [-0.3, -0.25) is 19.3 Å². The zero-order valence-electron chi connectivity index (χ0n) is 18.2. The van der Waals surface area contributed by atoms with E-state index >= 15 is 0 Å². The number of likely N-dealkylation sites (N-methyl/N-ethyl adjacent to an activating group) is 1. The standard InChI is InChI=1S/C23H32FN3O3/c1-25(2)13-14-27-21(29)16-23(22(27)30,18-11-7-8-12-19(18)24)15-20(28)26(3)17-9-5-4-6-10-17/h7-8,11-12,17H,4-6,9-10,13-16H2,1-3H3. The average molecular weight is 418 g/mol. The molecule has 7 heteroatoms. The molecule has 0 N–H and O–H groups in total.